The van der Waals surface area contributed by atoms with E-state index in [0.717, 1.165) is 0 Å². The van der Waals surface area contributed by atoms with Crippen LogP contribution < -0.4 is 0 Å². The first-order valence-electron chi connectivity index (χ1n) is 7.54. The topological polar surface area (TPSA) is 140 Å². The van der Waals surface area contributed by atoms with Crippen molar-refractivity contribution < 1.29 is 20.1 Å². The van der Waals surface area contributed by atoms with E-state index >= 15 is 0 Å². The van der Waals surface area contributed by atoms with Gasteiger partial charge in [0, 0.05) is 14.1 Å². The second kappa shape index (κ2) is 6.38. The monoisotopic (exact) mass is 346 g/mol. The summed E-state index contributed by atoms with van der Waals surface area (Å²) in [5.41, 5.74) is -1.14. The molecule has 10 heteroatoms. The molecule has 3 N–H and O–H groups in total. The lowest BCUT2D eigenvalue weighted by Gasteiger charge is -2.24. The Morgan fingerprint density at radius 1 is 1.48 bits per heavy atom. The molecule has 1 fully saturated rings. The van der Waals surface area contributed by atoms with Gasteiger partial charge < -0.3 is 25.0 Å². The number of nitriles is 1. The first-order chi connectivity index (χ1) is 11.9. The normalized spacial score (nSPS) is 29.4. The number of fused-ring (bicyclic) bond motifs is 1. The fourth-order valence-electron chi connectivity index (χ4n) is 2.80. The molecule has 0 bridgehead atoms. The average molecular weight is 346 g/mol. The van der Waals surface area contributed by atoms with Crippen molar-refractivity contribution in [1.82, 2.24) is 19.5 Å². The van der Waals surface area contributed by atoms with Crippen LogP contribution in [0.25, 0.3) is 5.52 Å². The van der Waals surface area contributed by atoms with Gasteiger partial charge >= 0.3 is 0 Å². The van der Waals surface area contributed by atoms with Crippen molar-refractivity contribution in [3.63, 3.8) is 0 Å². The minimum absolute atomic E-state index is 0.219. The van der Waals surface area contributed by atoms with Gasteiger partial charge in [-0.3, -0.25) is 0 Å². The summed E-state index contributed by atoms with van der Waals surface area (Å²) in [6.45, 7) is -0.529. The number of aliphatic hydroxyl groups excluding tert-OH is 3. The maximum absolute atomic E-state index is 10.4. The lowest BCUT2D eigenvalue weighted by atomic mass is 9.92. The van der Waals surface area contributed by atoms with E-state index in [1.807, 2.05) is 20.2 Å². The molecule has 1 aliphatic heterocycles. The minimum atomic E-state index is -1.86. The fourth-order valence-corrected chi connectivity index (χ4v) is 2.80. The molecule has 0 aliphatic carbocycles. The Labute approximate surface area is 143 Å². The van der Waals surface area contributed by atoms with E-state index in [1.165, 1.54) is 10.8 Å². The van der Waals surface area contributed by atoms with Crippen molar-refractivity contribution in [3.8, 4) is 6.07 Å². The molecule has 0 radical (unpaired) electrons. The van der Waals surface area contributed by atoms with E-state index in [9.17, 15) is 20.6 Å². The predicted octanol–water partition coefficient (Wildman–Crippen LogP) is -1.22. The summed E-state index contributed by atoms with van der Waals surface area (Å²) < 4.78 is 6.91. The highest BCUT2D eigenvalue weighted by Crippen LogP contribution is 2.40. The molecule has 0 aromatic carbocycles. The van der Waals surface area contributed by atoms with Crippen LogP contribution in [0.5, 0.6) is 0 Å². The summed E-state index contributed by atoms with van der Waals surface area (Å²) >= 11 is 0. The Morgan fingerprint density at radius 3 is 2.84 bits per heavy atom. The first kappa shape index (κ1) is 17.2. The number of ether oxygens (including phenoxy) is 1. The lowest BCUT2D eigenvalue weighted by molar-refractivity contribution is -0.0643. The lowest BCUT2D eigenvalue weighted by Crippen LogP contribution is -2.40. The number of aromatic nitrogens is 3. The summed E-state index contributed by atoms with van der Waals surface area (Å²) in [6, 6.07) is 5.11. The van der Waals surface area contributed by atoms with Crippen molar-refractivity contribution in [1.29, 1.82) is 5.26 Å². The Balaban J connectivity index is 2.13. The summed E-state index contributed by atoms with van der Waals surface area (Å²) in [7, 11) is 3.63. The Morgan fingerprint density at radius 2 is 2.24 bits per heavy atom. The van der Waals surface area contributed by atoms with Gasteiger partial charge in [0.2, 0.25) is 5.60 Å². The fraction of sp³-hybridized carbons (Fsp3) is 0.467. The highest BCUT2D eigenvalue weighted by Gasteiger charge is 2.57. The molecule has 3 rings (SSSR count). The number of nitrogens with zero attached hydrogens (tertiary/aromatic N) is 6. The van der Waals surface area contributed by atoms with Crippen LogP contribution in [0.2, 0.25) is 0 Å². The largest absolute Gasteiger partial charge is 0.394 e. The van der Waals surface area contributed by atoms with E-state index in [-0.39, 0.29) is 5.69 Å². The van der Waals surface area contributed by atoms with E-state index < -0.39 is 30.5 Å². The van der Waals surface area contributed by atoms with Crippen molar-refractivity contribution in [3.05, 3.63) is 24.2 Å². The van der Waals surface area contributed by atoms with Gasteiger partial charge in [0.05, 0.1) is 18.6 Å². The number of aliphatic hydroxyl groups is 3. The Hall–Kier alpha value is -2.58. The third-order valence-electron chi connectivity index (χ3n) is 4.03. The van der Waals surface area contributed by atoms with Crippen molar-refractivity contribution in [2.24, 2.45) is 4.99 Å². The summed E-state index contributed by atoms with van der Waals surface area (Å²) in [4.78, 5) is 10.1. The van der Waals surface area contributed by atoms with Gasteiger partial charge in [-0.05, 0) is 12.1 Å². The molecule has 0 saturated carbocycles. The summed E-state index contributed by atoms with van der Waals surface area (Å²) in [5.74, 6) is 0.370. The van der Waals surface area contributed by atoms with Gasteiger partial charge in [0.15, 0.2) is 5.82 Å². The number of rotatable bonds is 4. The van der Waals surface area contributed by atoms with Crippen LogP contribution in [0.4, 0.5) is 5.82 Å². The van der Waals surface area contributed by atoms with E-state index in [4.69, 9.17) is 4.74 Å². The molecule has 0 amide bonds. The Kier molecular flexibility index (Phi) is 4.40. The molecule has 25 heavy (non-hydrogen) atoms. The van der Waals surface area contributed by atoms with E-state index in [2.05, 4.69) is 15.1 Å². The maximum Gasteiger partial charge on any atom is 0.225 e. The van der Waals surface area contributed by atoms with Gasteiger partial charge in [-0.1, -0.05) is 0 Å². The zero-order valence-corrected chi connectivity index (χ0v) is 13.7. The molecule has 2 aromatic heterocycles. The van der Waals surface area contributed by atoms with Crippen LogP contribution in [0.1, 0.15) is 5.69 Å². The molecule has 132 valence electrons. The highest BCUT2D eigenvalue weighted by molar-refractivity contribution is 5.71. The first-order valence-corrected chi connectivity index (χ1v) is 7.54. The van der Waals surface area contributed by atoms with E-state index in [1.54, 1.807) is 23.4 Å². The van der Waals surface area contributed by atoms with Crippen molar-refractivity contribution >= 4 is 17.7 Å². The number of hydrogen-bond donors (Lipinski definition) is 3. The summed E-state index contributed by atoms with van der Waals surface area (Å²) in [5, 5.41) is 43.5. The van der Waals surface area contributed by atoms with Gasteiger partial charge in [-0.15, -0.1) is 0 Å². The zero-order chi connectivity index (χ0) is 18.2. The molecule has 3 heterocycles. The minimum Gasteiger partial charge on any atom is -0.394 e. The van der Waals surface area contributed by atoms with Crippen LogP contribution in [-0.4, -0.2) is 80.2 Å². The van der Waals surface area contributed by atoms with Gasteiger partial charge in [0.1, 0.15) is 36.2 Å². The van der Waals surface area contributed by atoms with Crippen molar-refractivity contribution in [2.75, 3.05) is 20.7 Å². The van der Waals surface area contributed by atoms with Gasteiger partial charge in [0.25, 0.3) is 0 Å². The third kappa shape index (κ3) is 2.63. The molecule has 1 aliphatic rings. The van der Waals surface area contributed by atoms with Crippen LogP contribution in [0, 0.1) is 11.3 Å². The molecule has 0 unspecified atom stereocenters. The predicted molar refractivity (Wildman–Crippen MR) is 86.1 cm³/mol. The molecule has 2 aromatic rings. The zero-order valence-electron chi connectivity index (χ0n) is 13.7. The molecule has 10 nitrogen and oxygen atoms in total. The number of hydrogen-bond acceptors (Lipinski definition) is 8. The molecular weight excluding hydrogens is 328 g/mol. The molecule has 1 saturated heterocycles. The number of aliphatic imine (C=N–C) groups is 1. The van der Waals surface area contributed by atoms with Gasteiger partial charge in [-0.25, -0.2) is 14.5 Å². The molecule has 4 atom stereocenters. The van der Waals surface area contributed by atoms with Crippen molar-refractivity contribution in [2.45, 2.75) is 23.9 Å². The third-order valence-corrected chi connectivity index (χ3v) is 4.03. The van der Waals surface area contributed by atoms with E-state index in [0.29, 0.717) is 11.3 Å². The summed E-state index contributed by atoms with van der Waals surface area (Å²) in [6.07, 6.45) is -1.18. The van der Waals surface area contributed by atoms with Crippen LogP contribution in [0.3, 0.4) is 0 Å². The smallest absolute Gasteiger partial charge is 0.225 e. The Bertz CT molecular complexity index is 844. The molecular formula is C15H18N6O4. The molecule has 0 spiro atoms. The second-order valence-electron chi connectivity index (χ2n) is 5.93. The van der Waals surface area contributed by atoms with Crippen LogP contribution in [-0.2, 0) is 10.3 Å². The average Bonchev–Trinajstić information content (AvgIpc) is 3.14. The standard InChI is InChI=1S/C15H18N6O4/c1-20(2)8-18-14-9-3-4-11(21(9)19-7-17-14)15(6-16)13(24)12(23)10(5-22)25-15/h3-4,7-8,10,12-13,22-24H,5H2,1-2H3/b18-8-/t10-,12-,13-,15+/m1/s1. The maximum atomic E-state index is 10.4. The SMILES string of the molecule is CN(C)/C=N\c1ncnn2c([C@]3(C#N)O[C@H](CO)[C@@H](O)[C@H]3O)ccc12. The second-order valence-corrected chi connectivity index (χ2v) is 5.93. The van der Waals surface area contributed by atoms with Gasteiger partial charge in [-0.2, -0.15) is 10.4 Å². The quantitative estimate of drug-likeness (QED) is 0.462. The van der Waals surface area contributed by atoms with Crippen LogP contribution >= 0.6 is 0 Å². The highest BCUT2D eigenvalue weighted by atomic mass is 16.6. The van der Waals surface area contributed by atoms with Crippen LogP contribution in [0.15, 0.2) is 23.5 Å².